The average Bonchev–Trinajstić information content (AvgIpc) is 3.30. The molecule has 0 atom stereocenters. The van der Waals surface area contributed by atoms with Crippen LogP contribution in [0.4, 0.5) is 24.5 Å². The summed E-state index contributed by atoms with van der Waals surface area (Å²) in [5.41, 5.74) is 1.86. The van der Waals surface area contributed by atoms with E-state index in [-0.39, 0.29) is 50.9 Å². The van der Waals surface area contributed by atoms with Gasteiger partial charge in [0.05, 0.1) is 101 Å². The normalized spacial score (nSPS) is 11.6. The van der Waals surface area contributed by atoms with E-state index >= 15 is 0 Å². The predicted molar refractivity (Wildman–Crippen MR) is 232 cm³/mol. The number of amides is 2. The minimum atomic E-state index is -4.51. The summed E-state index contributed by atoms with van der Waals surface area (Å²) in [5, 5.41) is 33.6. The monoisotopic (exact) mass is 898 g/mol. The van der Waals surface area contributed by atoms with Crippen LogP contribution in [0.25, 0.3) is 11.3 Å². The number of ether oxygens (including phenoxy) is 5. The molecule has 0 fully saturated rings. The van der Waals surface area contributed by atoms with Crippen molar-refractivity contribution in [2.45, 2.75) is 39.6 Å². The first-order valence-corrected chi connectivity index (χ1v) is 20.8. The molecule has 0 aliphatic heterocycles. The molecule has 0 radical (unpaired) electrons. The third-order valence-electron chi connectivity index (χ3n) is 9.98. The molecule has 0 unspecified atom stereocenters. The Hall–Kier alpha value is -5.47. The number of nitrogens with zero attached hydrogens (tertiary/aromatic N) is 2. The minimum absolute atomic E-state index is 0.0219. The second-order valence-corrected chi connectivity index (χ2v) is 14.6. The van der Waals surface area contributed by atoms with Gasteiger partial charge in [0.25, 0.3) is 11.8 Å². The summed E-state index contributed by atoms with van der Waals surface area (Å²) in [7, 11) is 0. The number of nitrogens with one attached hydrogen (secondary N) is 2. The summed E-state index contributed by atoms with van der Waals surface area (Å²) >= 11 is 0. The number of halogens is 3. The molecule has 0 spiro atoms. The van der Waals surface area contributed by atoms with Crippen molar-refractivity contribution in [3.8, 4) is 11.3 Å². The molecule has 348 valence electrons. The molecule has 5 N–H and O–H groups in total. The lowest BCUT2D eigenvalue weighted by Gasteiger charge is -2.25. The third-order valence-corrected chi connectivity index (χ3v) is 9.98. The summed E-state index contributed by atoms with van der Waals surface area (Å²) < 4.78 is 66.8. The van der Waals surface area contributed by atoms with Crippen molar-refractivity contribution in [3.05, 3.63) is 113 Å². The van der Waals surface area contributed by atoms with E-state index < -0.39 is 48.9 Å². The quantitative estimate of drug-likeness (QED) is 0.0366. The second kappa shape index (κ2) is 26.3. The number of carbonyl (C=O) groups excluding carboxylic acids is 3. The molecular weight excluding hydrogens is 842 g/mol. The molecule has 0 aliphatic rings. The first-order valence-electron chi connectivity index (χ1n) is 20.8. The molecule has 4 aromatic rings. The van der Waals surface area contributed by atoms with E-state index in [0.717, 1.165) is 36.5 Å². The Morgan fingerprint density at radius 2 is 1.30 bits per heavy atom. The van der Waals surface area contributed by atoms with Crippen molar-refractivity contribution in [1.82, 2.24) is 10.3 Å². The van der Waals surface area contributed by atoms with Gasteiger partial charge >= 0.3 is 12.1 Å². The maximum atomic E-state index is 13.7. The van der Waals surface area contributed by atoms with Crippen LogP contribution >= 0.6 is 0 Å². The molecule has 15 nitrogen and oxygen atoms in total. The van der Waals surface area contributed by atoms with Gasteiger partial charge < -0.3 is 54.5 Å². The van der Waals surface area contributed by atoms with Gasteiger partial charge in [0.1, 0.15) is 6.61 Å². The van der Waals surface area contributed by atoms with Crippen LogP contribution in [0, 0.1) is 5.41 Å². The van der Waals surface area contributed by atoms with Gasteiger partial charge in [-0.3, -0.25) is 19.4 Å². The van der Waals surface area contributed by atoms with Gasteiger partial charge in [-0.25, -0.2) is 0 Å². The fourth-order valence-corrected chi connectivity index (χ4v) is 6.24. The van der Waals surface area contributed by atoms with Gasteiger partial charge in [-0.05, 0) is 79.6 Å². The van der Waals surface area contributed by atoms with E-state index in [1.807, 2.05) is 32.0 Å². The SMILES string of the molecule is CCN(CC)c1ccc(NC(=O)c2cccc(COCCOCCOCCOCCOC(=O)CC(CO)(CO)CO)c2)c(-c2cc(C(=O)NCc3cccc(C(F)(F)F)c3)ccn2)c1. The van der Waals surface area contributed by atoms with Crippen LogP contribution in [-0.4, -0.2) is 124 Å². The Balaban J connectivity index is 1.23. The van der Waals surface area contributed by atoms with Crippen molar-refractivity contribution >= 4 is 29.2 Å². The van der Waals surface area contributed by atoms with Gasteiger partial charge in [0.15, 0.2) is 0 Å². The number of rotatable bonds is 28. The number of hydrogen-bond donors (Lipinski definition) is 5. The molecule has 2 amide bonds. The Morgan fingerprint density at radius 1 is 0.688 bits per heavy atom. The lowest BCUT2D eigenvalue weighted by Crippen LogP contribution is -2.37. The van der Waals surface area contributed by atoms with Crippen molar-refractivity contribution in [1.29, 1.82) is 0 Å². The predicted octanol–water partition coefficient (Wildman–Crippen LogP) is 5.26. The van der Waals surface area contributed by atoms with Crippen LogP contribution in [0.2, 0.25) is 0 Å². The van der Waals surface area contributed by atoms with Crippen LogP contribution in [0.15, 0.2) is 85.1 Å². The van der Waals surface area contributed by atoms with Crippen molar-refractivity contribution < 1.29 is 66.6 Å². The number of hydrogen-bond acceptors (Lipinski definition) is 13. The Kier molecular flexibility index (Phi) is 21.1. The van der Waals surface area contributed by atoms with Crippen molar-refractivity contribution in [2.75, 3.05) is 96.0 Å². The number of esters is 1. The summed E-state index contributed by atoms with van der Waals surface area (Å²) in [6.45, 7) is 5.88. The molecule has 18 heteroatoms. The number of anilines is 2. The number of aliphatic hydroxyl groups is 3. The van der Waals surface area contributed by atoms with Crippen molar-refractivity contribution in [2.24, 2.45) is 5.41 Å². The topological polar surface area (TPSA) is 198 Å². The van der Waals surface area contributed by atoms with Crippen LogP contribution in [0.1, 0.15) is 57.7 Å². The maximum absolute atomic E-state index is 13.7. The smallest absolute Gasteiger partial charge is 0.416 e. The van der Waals surface area contributed by atoms with Crippen LogP contribution in [0.5, 0.6) is 0 Å². The summed E-state index contributed by atoms with van der Waals surface area (Å²) in [6.07, 6.45) is -3.36. The standard InChI is InChI=1S/C46H57F3N4O11/c1-3-53(4-2)38-11-12-40(39(26-38)41-25-36(13-14-50-41)43(58)51-28-33-7-6-10-37(24-33)46(47,48)49)52-44(59)35-9-5-8-34(23-35)29-63-20-19-61-16-15-60-17-18-62-21-22-64-42(57)27-45(30-54,31-55)32-56/h5-14,23-26,54-56H,3-4,15-22,27-32H2,1-2H3,(H,51,58)(H,52,59). The molecule has 3 aromatic carbocycles. The van der Waals surface area contributed by atoms with E-state index in [0.29, 0.717) is 61.1 Å². The number of aliphatic hydroxyl groups excluding tert-OH is 3. The Labute approximate surface area is 370 Å². The molecule has 1 aromatic heterocycles. The minimum Gasteiger partial charge on any atom is -0.463 e. The van der Waals surface area contributed by atoms with E-state index in [9.17, 15) is 42.9 Å². The fraction of sp³-hybridized carbons (Fsp3) is 0.435. The maximum Gasteiger partial charge on any atom is 0.416 e. The highest BCUT2D eigenvalue weighted by Crippen LogP contribution is 2.33. The van der Waals surface area contributed by atoms with Gasteiger partial charge in [0, 0.05) is 48.2 Å². The lowest BCUT2D eigenvalue weighted by atomic mass is 9.87. The number of aromatic nitrogens is 1. The van der Waals surface area contributed by atoms with Gasteiger partial charge in [-0.2, -0.15) is 13.2 Å². The summed E-state index contributed by atoms with van der Waals surface area (Å²) in [5.74, 6) is -1.55. The van der Waals surface area contributed by atoms with Crippen LogP contribution in [0.3, 0.4) is 0 Å². The van der Waals surface area contributed by atoms with Gasteiger partial charge in [0.2, 0.25) is 0 Å². The molecule has 0 saturated carbocycles. The van der Waals surface area contributed by atoms with E-state index in [4.69, 9.17) is 23.7 Å². The van der Waals surface area contributed by atoms with Crippen molar-refractivity contribution in [3.63, 3.8) is 0 Å². The molecule has 0 bridgehead atoms. The highest BCUT2D eigenvalue weighted by Gasteiger charge is 2.32. The average molecular weight is 899 g/mol. The summed E-state index contributed by atoms with van der Waals surface area (Å²) in [4.78, 5) is 45.4. The highest BCUT2D eigenvalue weighted by atomic mass is 19.4. The number of benzene rings is 3. The molecule has 0 saturated heterocycles. The number of pyridine rings is 1. The van der Waals surface area contributed by atoms with Gasteiger partial charge in [-0.15, -0.1) is 0 Å². The molecule has 0 aliphatic carbocycles. The lowest BCUT2D eigenvalue weighted by molar-refractivity contribution is -0.151. The Morgan fingerprint density at radius 3 is 1.94 bits per heavy atom. The number of alkyl halides is 3. The number of carbonyl (C=O) groups is 3. The fourth-order valence-electron chi connectivity index (χ4n) is 6.24. The molecular formula is C46H57F3N4O11. The van der Waals surface area contributed by atoms with Gasteiger partial charge in [-0.1, -0.05) is 24.3 Å². The highest BCUT2D eigenvalue weighted by molar-refractivity contribution is 6.06. The third kappa shape index (κ3) is 16.3. The van der Waals surface area contributed by atoms with Crippen LogP contribution < -0.4 is 15.5 Å². The second-order valence-electron chi connectivity index (χ2n) is 14.6. The summed E-state index contributed by atoms with van der Waals surface area (Å²) in [6, 6.07) is 20.4. The van der Waals surface area contributed by atoms with E-state index in [2.05, 4.69) is 20.5 Å². The van der Waals surface area contributed by atoms with E-state index in [1.54, 1.807) is 30.3 Å². The zero-order chi connectivity index (χ0) is 46.4. The largest absolute Gasteiger partial charge is 0.463 e. The molecule has 1 heterocycles. The molecule has 4 rings (SSSR count). The first-order chi connectivity index (χ1) is 30.8. The molecule has 64 heavy (non-hydrogen) atoms. The van der Waals surface area contributed by atoms with Crippen LogP contribution in [-0.2, 0) is 47.8 Å². The van der Waals surface area contributed by atoms with E-state index in [1.165, 1.54) is 24.4 Å². The first kappa shape index (κ1) is 51.2. The Bertz CT molecular complexity index is 2070. The zero-order valence-electron chi connectivity index (χ0n) is 36.0. The zero-order valence-corrected chi connectivity index (χ0v) is 36.0.